The zero-order chi connectivity index (χ0) is 13.7. The number of pyridine rings is 1. The normalized spacial score (nSPS) is 10.0. The van der Waals surface area contributed by atoms with Gasteiger partial charge in [-0.15, -0.1) is 0 Å². The topological polar surface area (TPSA) is 51.2 Å². The number of hydrogen-bond acceptors (Lipinski definition) is 3. The Balaban J connectivity index is 2.09. The predicted molar refractivity (Wildman–Crippen MR) is 77.5 cm³/mol. The Kier molecular flexibility index (Phi) is 4.52. The maximum atomic E-state index is 12.0. The molecule has 0 radical (unpaired) electrons. The van der Waals surface area contributed by atoms with E-state index in [-0.39, 0.29) is 5.91 Å². The molecule has 1 heterocycles. The zero-order valence-electron chi connectivity index (χ0n) is 10.4. The van der Waals surface area contributed by atoms with Gasteiger partial charge in [0.25, 0.3) is 5.91 Å². The number of hydrogen-bond donors (Lipinski definition) is 1. The van der Waals surface area contributed by atoms with E-state index in [1.54, 1.807) is 30.5 Å². The molecule has 0 aliphatic carbocycles. The van der Waals surface area contributed by atoms with Gasteiger partial charge < -0.3 is 10.1 Å². The van der Waals surface area contributed by atoms with Crippen molar-refractivity contribution in [1.29, 1.82) is 0 Å². The average Bonchev–Trinajstić information content (AvgIpc) is 2.42. The summed E-state index contributed by atoms with van der Waals surface area (Å²) >= 11 is 3.25. The lowest BCUT2D eigenvalue weighted by molar-refractivity contribution is 0.102. The molecule has 0 atom stereocenters. The number of rotatable bonds is 4. The molecule has 98 valence electrons. The molecular weight excluding hydrogens is 308 g/mol. The molecule has 0 bridgehead atoms. The summed E-state index contributed by atoms with van der Waals surface area (Å²) in [6, 6.07) is 10.7. The van der Waals surface area contributed by atoms with E-state index in [0.717, 1.165) is 5.75 Å². The van der Waals surface area contributed by atoms with Gasteiger partial charge in [-0.05, 0) is 59.3 Å². The first-order valence-electron chi connectivity index (χ1n) is 5.85. The summed E-state index contributed by atoms with van der Waals surface area (Å²) in [6.07, 6.45) is 1.62. The van der Waals surface area contributed by atoms with Crippen LogP contribution in [0.3, 0.4) is 0 Å². The van der Waals surface area contributed by atoms with Gasteiger partial charge in [0.2, 0.25) is 0 Å². The van der Waals surface area contributed by atoms with E-state index < -0.39 is 0 Å². The highest BCUT2D eigenvalue weighted by atomic mass is 79.9. The number of nitrogens with one attached hydrogen (secondary N) is 1. The molecule has 19 heavy (non-hydrogen) atoms. The van der Waals surface area contributed by atoms with Crippen LogP contribution in [0.5, 0.6) is 5.75 Å². The van der Waals surface area contributed by atoms with Crippen LogP contribution < -0.4 is 10.1 Å². The number of carbonyl (C=O) groups is 1. The van der Waals surface area contributed by atoms with E-state index in [0.29, 0.717) is 22.5 Å². The Morgan fingerprint density at radius 3 is 2.68 bits per heavy atom. The third-order valence-electron chi connectivity index (χ3n) is 2.43. The molecular formula is C14H13BrN2O2. The maximum Gasteiger partial charge on any atom is 0.258 e. The zero-order valence-corrected chi connectivity index (χ0v) is 12.0. The van der Waals surface area contributed by atoms with Crippen molar-refractivity contribution in [3.8, 4) is 5.75 Å². The van der Waals surface area contributed by atoms with E-state index in [1.807, 2.05) is 19.1 Å². The third kappa shape index (κ3) is 3.54. The van der Waals surface area contributed by atoms with E-state index in [9.17, 15) is 4.79 Å². The Morgan fingerprint density at radius 1 is 1.32 bits per heavy atom. The highest BCUT2D eigenvalue weighted by Gasteiger charge is 2.10. The molecule has 4 nitrogen and oxygen atoms in total. The van der Waals surface area contributed by atoms with E-state index in [2.05, 4.69) is 26.2 Å². The van der Waals surface area contributed by atoms with Crippen LogP contribution in [0.2, 0.25) is 0 Å². The van der Waals surface area contributed by atoms with Gasteiger partial charge in [-0.1, -0.05) is 0 Å². The highest BCUT2D eigenvalue weighted by Crippen LogP contribution is 2.18. The summed E-state index contributed by atoms with van der Waals surface area (Å²) in [4.78, 5) is 16.0. The molecule has 0 spiro atoms. The smallest absolute Gasteiger partial charge is 0.258 e. The van der Waals surface area contributed by atoms with Crippen LogP contribution in [0.4, 0.5) is 5.69 Å². The van der Waals surface area contributed by atoms with E-state index in [1.165, 1.54) is 0 Å². The fraction of sp³-hybridized carbons (Fsp3) is 0.143. The summed E-state index contributed by atoms with van der Waals surface area (Å²) in [6.45, 7) is 2.55. The molecule has 1 aromatic heterocycles. The number of amides is 1. The molecule has 1 amide bonds. The van der Waals surface area contributed by atoms with Crippen LogP contribution in [0.1, 0.15) is 17.3 Å². The predicted octanol–water partition coefficient (Wildman–Crippen LogP) is 3.50. The first kappa shape index (κ1) is 13.5. The van der Waals surface area contributed by atoms with E-state index >= 15 is 0 Å². The standard InChI is InChI=1S/C14H13BrN2O2/c1-2-19-11-7-5-10(6-8-11)17-14(18)12-4-3-9-16-13(12)15/h3-9H,2H2,1H3,(H,17,18). The van der Waals surface area contributed by atoms with Crippen LogP contribution in [0, 0.1) is 0 Å². The number of ether oxygens (including phenoxy) is 1. The minimum atomic E-state index is -0.205. The quantitative estimate of drug-likeness (QED) is 0.877. The summed E-state index contributed by atoms with van der Waals surface area (Å²) in [5, 5.41) is 2.80. The Morgan fingerprint density at radius 2 is 2.05 bits per heavy atom. The first-order chi connectivity index (χ1) is 9.20. The van der Waals surface area contributed by atoms with Crippen molar-refractivity contribution in [3.63, 3.8) is 0 Å². The van der Waals surface area contributed by atoms with Crippen molar-refractivity contribution >= 4 is 27.5 Å². The minimum Gasteiger partial charge on any atom is -0.494 e. The average molecular weight is 321 g/mol. The molecule has 1 aromatic carbocycles. The molecule has 0 fully saturated rings. The van der Waals surface area contributed by atoms with Gasteiger partial charge in [-0.25, -0.2) is 4.98 Å². The number of anilines is 1. The number of carbonyl (C=O) groups excluding carboxylic acids is 1. The van der Waals surface area contributed by atoms with Gasteiger partial charge in [-0.2, -0.15) is 0 Å². The number of nitrogens with zero attached hydrogens (tertiary/aromatic N) is 1. The van der Waals surface area contributed by atoms with Crippen LogP contribution in [0.25, 0.3) is 0 Å². The minimum absolute atomic E-state index is 0.205. The van der Waals surface area contributed by atoms with Crippen LogP contribution in [-0.2, 0) is 0 Å². The highest BCUT2D eigenvalue weighted by molar-refractivity contribution is 9.10. The van der Waals surface area contributed by atoms with Gasteiger partial charge in [0.15, 0.2) is 0 Å². The number of aromatic nitrogens is 1. The fourth-order valence-corrected chi connectivity index (χ4v) is 1.99. The Hall–Kier alpha value is -1.88. The SMILES string of the molecule is CCOc1ccc(NC(=O)c2cccnc2Br)cc1. The van der Waals surface area contributed by atoms with Crippen molar-refractivity contribution < 1.29 is 9.53 Å². The number of halogens is 1. The van der Waals surface area contributed by atoms with Crippen molar-refractivity contribution in [2.45, 2.75) is 6.92 Å². The van der Waals surface area contributed by atoms with Gasteiger partial charge in [0.1, 0.15) is 10.4 Å². The summed E-state index contributed by atoms with van der Waals surface area (Å²) in [5.41, 5.74) is 1.21. The van der Waals surface area contributed by atoms with Crippen molar-refractivity contribution in [1.82, 2.24) is 4.98 Å². The second kappa shape index (κ2) is 6.33. The lowest BCUT2D eigenvalue weighted by Gasteiger charge is -2.07. The Labute approximate surface area is 119 Å². The lowest BCUT2D eigenvalue weighted by atomic mass is 10.2. The molecule has 5 heteroatoms. The maximum absolute atomic E-state index is 12.0. The second-order valence-corrected chi connectivity index (χ2v) is 4.50. The van der Waals surface area contributed by atoms with Gasteiger partial charge in [0, 0.05) is 11.9 Å². The molecule has 2 rings (SSSR count). The van der Waals surface area contributed by atoms with Crippen molar-refractivity contribution in [3.05, 3.63) is 52.8 Å². The molecule has 0 unspecified atom stereocenters. The van der Waals surface area contributed by atoms with Gasteiger partial charge in [-0.3, -0.25) is 4.79 Å². The summed E-state index contributed by atoms with van der Waals surface area (Å²) < 4.78 is 5.87. The molecule has 1 N–H and O–H groups in total. The summed E-state index contributed by atoms with van der Waals surface area (Å²) in [7, 11) is 0. The van der Waals surface area contributed by atoms with Gasteiger partial charge in [0.05, 0.1) is 12.2 Å². The number of benzene rings is 1. The largest absolute Gasteiger partial charge is 0.494 e. The fourth-order valence-electron chi connectivity index (χ4n) is 1.55. The van der Waals surface area contributed by atoms with E-state index in [4.69, 9.17) is 4.74 Å². The summed E-state index contributed by atoms with van der Waals surface area (Å²) in [5.74, 6) is 0.576. The first-order valence-corrected chi connectivity index (χ1v) is 6.64. The molecule has 0 saturated carbocycles. The molecule has 2 aromatic rings. The van der Waals surface area contributed by atoms with Crippen LogP contribution in [-0.4, -0.2) is 17.5 Å². The van der Waals surface area contributed by atoms with Crippen LogP contribution in [0.15, 0.2) is 47.2 Å². The van der Waals surface area contributed by atoms with Crippen LogP contribution >= 0.6 is 15.9 Å². The molecule has 0 aliphatic rings. The lowest BCUT2D eigenvalue weighted by Crippen LogP contribution is -2.12. The monoisotopic (exact) mass is 320 g/mol. The third-order valence-corrected chi connectivity index (χ3v) is 3.06. The second-order valence-electron chi connectivity index (χ2n) is 3.75. The van der Waals surface area contributed by atoms with Gasteiger partial charge >= 0.3 is 0 Å². The Bertz CT molecular complexity index is 570. The van der Waals surface area contributed by atoms with Crippen molar-refractivity contribution in [2.24, 2.45) is 0 Å². The molecule has 0 aliphatic heterocycles. The molecule has 0 saturated heterocycles. The van der Waals surface area contributed by atoms with Crippen molar-refractivity contribution in [2.75, 3.05) is 11.9 Å².